The third-order valence-electron chi connectivity index (χ3n) is 3.91. The first-order valence-corrected chi connectivity index (χ1v) is 10.2. The van der Waals surface area contributed by atoms with Crippen molar-refractivity contribution in [3.05, 3.63) is 77.4 Å². The van der Waals surface area contributed by atoms with Crippen molar-refractivity contribution in [1.82, 2.24) is 10.1 Å². The van der Waals surface area contributed by atoms with Crippen LogP contribution in [0.3, 0.4) is 0 Å². The minimum atomic E-state index is -0.470. The van der Waals surface area contributed by atoms with Gasteiger partial charge in [-0.2, -0.15) is 4.98 Å². The fourth-order valence-corrected chi connectivity index (χ4v) is 3.26. The van der Waals surface area contributed by atoms with E-state index in [1.807, 2.05) is 54.6 Å². The molecule has 29 heavy (non-hydrogen) atoms. The molecule has 1 aromatic heterocycles. The zero-order valence-electron chi connectivity index (χ0n) is 16.0. The van der Waals surface area contributed by atoms with Crippen LogP contribution in [0.1, 0.15) is 22.8 Å². The number of hydrogen-bond acceptors (Lipinski definition) is 7. The number of aryl methyl sites for hydroxylation is 1. The third-order valence-corrected chi connectivity index (χ3v) is 4.82. The number of thioether (sulfide) groups is 1. The van der Waals surface area contributed by atoms with Crippen LogP contribution in [0.25, 0.3) is 0 Å². The van der Waals surface area contributed by atoms with Crippen LogP contribution >= 0.6 is 11.8 Å². The second-order valence-corrected chi connectivity index (χ2v) is 7.24. The molecule has 0 aliphatic carbocycles. The fraction of sp³-hybridized carbons (Fsp3) is 0.238. The highest BCUT2D eigenvalue weighted by Crippen LogP contribution is 2.19. The van der Waals surface area contributed by atoms with E-state index in [0.29, 0.717) is 29.6 Å². The Balaban J connectivity index is 1.44. The van der Waals surface area contributed by atoms with E-state index in [1.165, 1.54) is 11.8 Å². The Bertz CT molecular complexity index is 959. The summed E-state index contributed by atoms with van der Waals surface area (Å²) in [7, 11) is 0. The van der Waals surface area contributed by atoms with Gasteiger partial charge < -0.3 is 14.6 Å². The Morgan fingerprint density at radius 3 is 2.62 bits per heavy atom. The Morgan fingerprint density at radius 2 is 1.86 bits per heavy atom. The molecule has 0 saturated heterocycles. The van der Waals surface area contributed by atoms with Gasteiger partial charge in [-0.15, -0.1) is 11.8 Å². The van der Waals surface area contributed by atoms with Crippen LogP contribution < -0.4 is 5.32 Å². The first-order chi connectivity index (χ1) is 14.1. The van der Waals surface area contributed by atoms with Gasteiger partial charge in [-0.3, -0.25) is 9.59 Å². The number of nitrogens with one attached hydrogen (secondary N) is 1. The molecule has 0 atom stereocenters. The lowest BCUT2D eigenvalue weighted by Gasteiger charge is -2.11. The molecule has 0 fully saturated rings. The molecule has 1 amide bonds. The minimum absolute atomic E-state index is 0.103. The summed E-state index contributed by atoms with van der Waals surface area (Å²) in [6.45, 7) is 1.37. The topological polar surface area (TPSA) is 94.3 Å². The van der Waals surface area contributed by atoms with Crippen LogP contribution in [0.4, 0.5) is 5.69 Å². The minimum Gasteiger partial charge on any atom is -0.455 e. The van der Waals surface area contributed by atoms with Crippen LogP contribution in [-0.4, -0.2) is 34.4 Å². The van der Waals surface area contributed by atoms with Gasteiger partial charge in [-0.1, -0.05) is 53.7 Å². The molecular formula is C21H21N3O4S. The quantitative estimate of drug-likeness (QED) is 0.539. The second-order valence-electron chi connectivity index (χ2n) is 6.25. The van der Waals surface area contributed by atoms with Crippen LogP contribution in [0.2, 0.25) is 0 Å². The van der Waals surface area contributed by atoms with Crippen LogP contribution in [0.15, 0.2) is 59.1 Å². The molecule has 0 unspecified atom stereocenters. The van der Waals surface area contributed by atoms with Gasteiger partial charge in [-0.05, 0) is 23.6 Å². The molecule has 3 rings (SSSR count). The maximum Gasteiger partial charge on any atom is 0.316 e. The molecule has 0 aliphatic heterocycles. The van der Waals surface area contributed by atoms with Gasteiger partial charge in [0.25, 0.3) is 5.91 Å². The lowest BCUT2D eigenvalue weighted by atomic mass is 10.0. The molecule has 0 radical (unpaired) electrons. The molecular weight excluding hydrogens is 390 g/mol. The van der Waals surface area contributed by atoms with Crippen molar-refractivity contribution in [2.75, 3.05) is 17.7 Å². The fourth-order valence-electron chi connectivity index (χ4n) is 2.61. The van der Waals surface area contributed by atoms with Crippen molar-refractivity contribution in [2.24, 2.45) is 0 Å². The number of aromatic nitrogens is 2. The van der Waals surface area contributed by atoms with E-state index < -0.39 is 5.97 Å². The number of carbonyl (C=O) groups is 2. The number of hydrogen-bond donors (Lipinski definition) is 1. The standard InChI is InChI=1S/C21H21N3O4S/c1-15-22-19(24-28-15)13-29-14-21(26)27-12-20(25)23-18-10-6-5-9-17(18)11-16-7-3-2-4-8-16/h2-10H,11-14H2,1H3,(H,23,25). The van der Waals surface area contributed by atoms with Crippen molar-refractivity contribution in [3.63, 3.8) is 0 Å². The van der Waals surface area contributed by atoms with Gasteiger partial charge in [0, 0.05) is 12.6 Å². The number of anilines is 1. The average molecular weight is 411 g/mol. The zero-order chi connectivity index (χ0) is 20.5. The molecule has 150 valence electrons. The smallest absolute Gasteiger partial charge is 0.316 e. The number of amides is 1. The summed E-state index contributed by atoms with van der Waals surface area (Å²) in [4.78, 5) is 28.1. The first kappa shape index (κ1) is 20.6. The summed E-state index contributed by atoms with van der Waals surface area (Å²) in [6, 6.07) is 17.6. The summed E-state index contributed by atoms with van der Waals surface area (Å²) in [5.41, 5.74) is 2.85. The highest BCUT2D eigenvalue weighted by molar-refractivity contribution is 7.99. The van der Waals surface area contributed by atoms with Crippen LogP contribution in [0, 0.1) is 6.92 Å². The van der Waals surface area contributed by atoms with Gasteiger partial charge in [0.15, 0.2) is 12.4 Å². The molecule has 0 bridgehead atoms. The molecule has 7 nitrogen and oxygen atoms in total. The van der Waals surface area contributed by atoms with Crippen LogP contribution in [-0.2, 0) is 26.5 Å². The predicted molar refractivity (Wildman–Crippen MR) is 110 cm³/mol. The number of esters is 1. The average Bonchev–Trinajstić information content (AvgIpc) is 3.14. The Kier molecular flexibility index (Phi) is 7.40. The zero-order valence-corrected chi connectivity index (χ0v) is 16.8. The maximum absolute atomic E-state index is 12.2. The van der Waals surface area contributed by atoms with E-state index in [4.69, 9.17) is 9.26 Å². The molecule has 1 heterocycles. The predicted octanol–water partition coefficient (Wildman–Crippen LogP) is 3.38. The molecule has 1 N–H and O–H groups in total. The highest BCUT2D eigenvalue weighted by atomic mass is 32.2. The lowest BCUT2D eigenvalue weighted by Crippen LogP contribution is -2.22. The van der Waals surface area contributed by atoms with E-state index in [1.54, 1.807) is 6.92 Å². The summed E-state index contributed by atoms with van der Waals surface area (Å²) in [6.07, 6.45) is 0.698. The molecule has 0 aliphatic rings. The SMILES string of the molecule is Cc1nc(CSCC(=O)OCC(=O)Nc2ccccc2Cc2ccccc2)no1. The Morgan fingerprint density at radius 1 is 1.10 bits per heavy atom. The van der Waals surface area contributed by atoms with E-state index in [0.717, 1.165) is 11.1 Å². The van der Waals surface area contributed by atoms with Crippen molar-refractivity contribution in [2.45, 2.75) is 19.1 Å². The first-order valence-electron chi connectivity index (χ1n) is 9.04. The van der Waals surface area contributed by atoms with Crippen molar-refractivity contribution >= 4 is 29.3 Å². The normalized spacial score (nSPS) is 10.5. The summed E-state index contributed by atoms with van der Waals surface area (Å²) in [5, 5.41) is 6.56. The summed E-state index contributed by atoms with van der Waals surface area (Å²) < 4.78 is 9.90. The third kappa shape index (κ3) is 6.76. The number of nitrogens with zero attached hydrogens (tertiary/aromatic N) is 2. The van der Waals surface area contributed by atoms with Crippen LogP contribution in [0.5, 0.6) is 0 Å². The Hall–Kier alpha value is -3.13. The number of rotatable bonds is 9. The largest absolute Gasteiger partial charge is 0.455 e. The van der Waals surface area contributed by atoms with E-state index in [-0.39, 0.29) is 18.3 Å². The molecule has 0 saturated carbocycles. The molecule has 3 aromatic rings. The van der Waals surface area contributed by atoms with Gasteiger partial charge in [0.2, 0.25) is 5.89 Å². The van der Waals surface area contributed by atoms with Crippen molar-refractivity contribution in [1.29, 1.82) is 0 Å². The second kappa shape index (κ2) is 10.4. The lowest BCUT2D eigenvalue weighted by molar-refractivity contribution is -0.144. The maximum atomic E-state index is 12.2. The van der Waals surface area contributed by atoms with Gasteiger partial charge in [0.1, 0.15) is 0 Å². The van der Waals surface area contributed by atoms with Crippen molar-refractivity contribution in [3.8, 4) is 0 Å². The van der Waals surface area contributed by atoms with Gasteiger partial charge in [-0.25, -0.2) is 0 Å². The highest BCUT2D eigenvalue weighted by Gasteiger charge is 2.11. The van der Waals surface area contributed by atoms with Gasteiger partial charge in [0.05, 0.1) is 11.5 Å². The number of benzene rings is 2. The summed E-state index contributed by atoms with van der Waals surface area (Å²) in [5.74, 6) is 0.692. The number of ether oxygens (including phenoxy) is 1. The number of para-hydroxylation sites is 1. The summed E-state index contributed by atoms with van der Waals surface area (Å²) >= 11 is 1.30. The molecule has 8 heteroatoms. The van der Waals surface area contributed by atoms with Crippen molar-refractivity contribution < 1.29 is 18.8 Å². The molecule has 2 aromatic carbocycles. The monoisotopic (exact) mass is 411 g/mol. The van der Waals surface area contributed by atoms with E-state index in [9.17, 15) is 9.59 Å². The van der Waals surface area contributed by atoms with E-state index >= 15 is 0 Å². The van der Waals surface area contributed by atoms with E-state index in [2.05, 4.69) is 15.5 Å². The molecule has 0 spiro atoms. The number of carbonyl (C=O) groups excluding carboxylic acids is 2. The van der Waals surface area contributed by atoms with Gasteiger partial charge >= 0.3 is 5.97 Å². The Labute approximate surface area is 172 Å².